The highest BCUT2D eigenvalue weighted by molar-refractivity contribution is 5.53. The summed E-state index contributed by atoms with van der Waals surface area (Å²) in [6, 6.07) is 4.48. The van der Waals surface area contributed by atoms with Gasteiger partial charge < -0.3 is 15.8 Å². The lowest BCUT2D eigenvalue weighted by Gasteiger charge is -2.06. The Balaban J connectivity index is 2.57. The van der Waals surface area contributed by atoms with Crippen LogP contribution in [0.25, 0.3) is 0 Å². The predicted octanol–water partition coefficient (Wildman–Crippen LogP) is 0.913. The molecule has 0 spiro atoms. The molecule has 3 N–H and O–H groups in total. The number of rotatable bonds is 6. The molecule has 0 fully saturated rings. The summed E-state index contributed by atoms with van der Waals surface area (Å²) in [6.07, 6.45) is 0. The monoisotopic (exact) mass is 225 g/mol. The molecule has 88 valence electrons. The van der Waals surface area contributed by atoms with Gasteiger partial charge in [0, 0.05) is 38.0 Å². The molecule has 0 aliphatic rings. The first kappa shape index (κ1) is 12.4. The second-order valence-electron chi connectivity index (χ2n) is 3.31. The third-order valence-corrected chi connectivity index (χ3v) is 2.14. The van der Waals surface area contributed by atoms with Crippen molar-refractivity contribution in [1.29, 1.82) is 0 Å². The van der Waals surface area contributed by atoms with Crippen molar-refractivity contribution in [3.05, 3.63) is 33.9 Å². The predicted molar refractivity (Wildman–Crippen MR) is 61.1 cm³/mol. The van der Waals surface area contributed by atoms with Crippen molar-refractivity contribution >= 4 is 11.4 Å². The summed E-state index contributed by atoms with van der Waals surface area (Å²) in [4.78, 5) is 10.0. The Morgan fingerprint density at radius 3 is 2.88 bits per heavy atom. The number of nitro benzene ring substituents is 1. The van der Waals surface area contributed by atoms with Crippen LogP contribution < -0.4 is 11.1 Å². The maximum absolute atomic E-state index is 10.5. The molecule has 0 atom stereocenters. The molecule has 0 saturated carbocycles. The molecule has 0 amide bonds. The highest BCUT2D eigenvalue weighted by Gasteiger charge is 2.07. The number of ether oxygens (including phenoxy) is 1. The van der Waals surface area contributed by atoms with Gasteiger partial charge in [0.1, 0.15) is 0 Å². The van der Waals surface area contributed by atoms with Gasteiger partial charge in [-0.1, -0.05) is 0 Å². The topological polar surface area (TPSA) is 90.4 Å². The molecule has 0 heterocycles. The first-order valence-electron chi connectivity index (χ1n) is 4.87. The average molecular weight is 225 g/mol. The number of nitrogens with two attached hydrogens (primary N) is 1. The summed E-state index contributed by atoms with van der Waals surface area (Å²) in [5.41, 5.74) is 6.99. The molecule has 0 aromatic heterocycles. The zero-order valence-electron chi connectivity index (χ0n) is 9.10. The normalized spacial score (nSPS) is 10.3. The lowest BCUT2D eigenvalue weighted by molar-refractivity contribution is -0.384. The summed E-state index contributed by atoms with van der Waals surface area (Å²) in [5.74, 6) is 0. The lowest BCUT2D eigenvalue weighted by Crippen LogP contribution is -2.19. The standard InChI is InChI=1S/C10H15N3O3/c1-16-5-4-12-7-8-2-3-9(13(14)15)6-10(8)11/h2-3,6,12H,4-5,7,11H2,1H3. The Morgan fingerprint density at radius 1 is 1.56 bits per heavy atom. The van der Waals surface area contributed by atoms with Gasteiger partial charge in [0.15, 0.2) is 0 Å². The fourth-order valence-corrected chi connectivity index (χ4v) is 1.25. The van der Waals surface area contributed by atoms with Gasteiger partial charge in [0.05, 0.1) is 11.5 Å². The van der Waals surface area contributed by atoms with Crippen molar-refractivity contribution in [3.63, 3.8) is 0 Å². The van der Waals surface area contributed by atoms with E-state index in [2.05, 4.69) is 5.32 Å². The molecule has 0 aliphatic carbocycles. The van der Waals surface area contributed by atoms with Crippen LogP contribution in [0, 0.1) is 10.1 Å². The van der Waals surface area contributed by atoms with E-state index < -0.39 is 4.92 Å². The van der Waals surface area contributed by atoms with Gasteiger partial charge in [-0.25, -0.2) is 0 Å². The van der Waals surface area contributed by atoms with Crippen LogP contribution in [0.3, 0.4) is 0 Å². The maximum atomic E-state index is 10.5. The number of nitrogens with one attached hydrogen (secondary N) is 1. The Bertz CT molecular complexity index is 368. The summed E-state index contributed by atoms with van der Waals surface area (Å²) < 4.78 is 4.88. The third kappa shape index (κ3) is 3.48. The number of anilines is 1. The van der Waals surface area contributed by atoms with E-state index in [1.54, 1.807) is 13.2 Å². The van der Waals surface area contributed by atoms with Gasteiger partial charge in [0.25, 0.3) is 5.69 Å². The van der Waals surface area contributed by atoms with E-state index in [0.29, 0.717) is 25.4 Å². The minimum absolute atomic E-state index is 0.0122. The van der Waals surface area contributed by atoms with Crippen LogP contribution >= 0.6 is 0 Å². The molecule has 6 nitrogen and oxygen atoms in total. The van der Waals surface area contributed by atoms with Crippen molar-refractivity contribution in [2.75, 3.05) is 26.0 Å². The summed E-state index contributed by atoms with van der Waals surface area (Å²) in [7, 11) is 1.63. The highest BCUT2D eigenvalue weighted by Crippen LogP contribution is 2.19. The van der Waals surface area contributed by atoms with Crippen LogP contribution in [-0.2, 0) is 11.3 Å². The van der Waals surface area contributed by atoms with Gasteiger partial charge in [-0.3, -0.25) is 10.1 Å². The molecule has 0 radical (unpaired) electrons. The Hall–Kier alpha value is -1.66. The molecule has 16 heavy (non-hydrogen) atoms. The zero-order chi connectivity index (χ0) is 12.0. The number of non-ortho nitro benzene ring substituents is 1. The quantitative estimate of drug-likeness (QED) is 0.325. The van der Waals surface area contributed by atoms with Gasteiger partial charge in [-0.05, 0) is 11.6 Å². The van der Waals surface area contributed by atoms with Crippen LogP contribution in [0.5, 0.6) is 0 Å². The average Bonchev–Trinajstić information content (AvgIpc) is 2.26. The van der Waals surface area contributed by atoms with E-state index in [1.807, 2.05) is 0 Å². The number of nitro groups is 1. The zero-order valence-corrected chi connectivity index (χ0v) is 9.10. The van der Waals surface area contributed by atoms with E-state index in [0.717, 1.165) is 5.56 Å². The van der Waals surface area contributed by atoms with Crippen molar-refractivity contribution in [3.8, 4) is 0 Å². The van der Waals surface area contributed by atoms with Crippen molar-refractivity contribution in [2.24, 2.45) is 0 Å². The SMILES string of the molecule is COCCNCc1ccc([N+](=O)[O-])cc1N. The van der Waals surface area contributed by atoms with Crippen LogP contribution in [0.2, 0.25) is 0 Å². The van der Waals surface area contributed by atoms with Gasteiger partial charge >= 0.3 is 0 Å². The molecular weight excluding hydrogens is 210 g/mol. The number of methoxy groups -OCH3 is 1. The second kappa shape index (κ2) is 6.04. The lowest BCUT2D eigenvalue weighted by atomic mass is 10.1. The largest absolute Gasteiger partial charge is 0.398 e. The molecule has 1 aromatic rings. The first-order valence-corrected chi connectivity index (χ1v) is 4.87. The van der Waals surface area contributed by atoms with Crippen LogP contribution in [0.4, 0.5) is 11.4 Å². The number of nitrogens with zero attached hydrogens (tertiary/aromatic N) is 1. The molecule has 0 bridgehead atoms. The van der Waals surface area contributed by atoms with E-state index in [1.165, 1.54) is 12.1 Å². The van der Waals surface area contributed by atoms with E-state index in [9.17, 15) is 10.1 Å². The van der Waals surface area contributed by atoms with Crippen LogP contribution in [0.15, 0.2) is 18.2 Å². The Morgan fingerprint density at radius 2 is 2.31 bits per heavy atom. The van der Waals surface area contributed by atoms with Crippen molar-refractivity contribution in [1.82, 2.24) is 5.32 Å². The first-order chi connectivity index (χ1) is 7.65. The van der Waals surface area contributed by atoms with Gasteiger partial charge in [-0.2, -0.15) is 0 Å². The highest BCUT2D eigenvalue weighted by atomic mass is 16.6. The van der Waals surface area contributed by atoms with E-state index in [4.69, 9.17) is 10.5 Å². The smallest absolute Gasteiger partial charge is 0.271 e. The van der Waals surface area contributed by atoms with Crippen LogP contribution in [0.1, 0.15) is 5.56 Å². The summed E-state index contributed by atoms with van der Waals surface area (Å²) in [5, 5.41) is 13.6. The summed E-state index contributed by atoms with van der Waals surface area (Å²) in [6.45, 7) is 1.91. The fraction of sp³-hybridized carbons (Fsp3) is 0.400. The Labute approximate surface area is 93.5 Å². The third-order valence-electron chi connectivity index (χ3n) is 2.14. The van der Waals surface area contributed by atoms with Crippen molar-refractivity contribution < 1.29 is 9.66 Å². The number of hydrogen-bond acceptors (Lipinski definition) is 5. The van der Waals surface area contributed by atoms with E-state index >= 15 is 0 Å². The minimum Gasteiger partial charge on any atom is -0.398 e. The fourth-order valence-electron chi connectivity index (χ4n) is 1.25. The molecular formula is C10H15N3O3. The summed E-state index contributed by atoms with van der Waals surface area (Å²) >= 11 is 0. The maximum Gasteiger partial charge on any atom is 0.271 e. The number of benzene rings is 1. The van der Waals surface area contributed by atoms with E-state index in [-0.39, 0.29) is 5.69 Å². The van der Waals surface area contributed by atoms with Gasteiger partial charge in [-0.15, -0.1) is 0 Å². The molecule has 0 unspecified atom stereocenters. The molecule has 0 saturated heterocycles. The van der Waals surface area contributed by atoms with Gasteiger partial charge in [0.2, 0.25) is 0 Å². The molecule has 6 heteroatoms. The minimum atomic E-state index is -0.460. The molecule has 1 rings (SSSR count). The Kier molecular flexibility index (Phi) is 4.68. The number of nitrogen functional groups attached to an aromatic ring is 1. The molecule has 0 aliphatic heterocycles. The van der Waals surface area contributed by atoms with Crippen molar-refractivity contribution in [2.45, 2.75) is 6.54 Å². The molecule has 1 aromatic carbocycles. The van der Waals surface area contributed by atoms with Crippen LogP contribution in [-0.4, -0.2) is 25.2 Å². The second-order valence-corrected chi connectivity index (χ2v) is 3.31. The number of hydrogen-bond donors (Lipinski definition) is 2.